The van der Waals surface area contributed by atoms with Gasteiger partial charge in [0.05, 0.1) is 19.8 Å². The van der Waals surface area contributed by atoms with Crippen molar-refractivity contribution in [3.8, 4) is 5.75 Å². The minimum absolute atomic E-state index is 0.0526. The minimum atomic E-state index is 0.0526. The smallest absolute Gasteiger partial charge is 0.254 e. The first-order valence-electron chi connectivity index (χ1n) is 10.5. The van der Waals surface area contributed by atoms with Crippen molar-refractivity contribution in [1.82, 2.24) is 4.90 Å². The highest BCUT2D eigenvalue weighted by Gasteiger charge is 2.22. The van der Waals surface area contributed by atoms with Crippen molar-refractivity contribution in [3.05, 3.63) is 101 Å². The third-order valence-electron chi connectivity index (χ3n) is 5.39. The van der Waals surface area contributed by atoms with Gasteiger partial charge in [0.25, 0.3) is 5.91 Å². The highest BCUT2D eigenvalue weighted by Crippen LogP contribution is 2.25. The van der Waals surface area contributed by atoms with E-state index >= 15 is 0 Å². The van der Waals surface area contributed by atoms with Gasteiger partial charge >= 0.3 is 0 Å². The van der Waals surface area contributed by atoms with Gasteiger partial charge in [-0.15, -0.1) is 0 Å². The van der Waals surface area contributed by atoms with Crippen molar-refractivity contribution < 1.29 is 14.3 Å². The molecule has 0 fully saturated rings. The molecule has 3 aromatic carbocycles. The van der Waals surface area contributed by atoms with Crippen molar-refractivity contribution in [3.63, 3.8) is 0 Å². The summed E-state index contributed by atoms with van der Waals surface area (Å²) < 4.78 is 11.7. The monoisotopic (exact) mass is 401 g/mol. The van der Waals surface area contributed by atoms with Gasteiger partial charge in [0.15, 0.2) is 0 Å². The zero-order valence-electron chi connectivity index (χ0n) is 17.3. The average Bonchev–Trinajstić information content (AvgIpc) is 2.80. The fourth-order valence-electron chi connectivity index (χ4n) is 3.83. The second kappa shape index (κ2) is 9.59. The maximum atomic E-state index is 13.2. The molecule has 0 aromatic heterocycles. The van der Waals surface area contributed by atoms with E-state index in [4.69, 9.17) is 9.47 Å². The zero-order valence-corrected chi connectivity index (χ0v) is 17.3. The van der Waals surface area contributed by atoms with Crippen LogP contribution in [0.5, 0.6) is 5.75 Å². The molecular weight excluding hydrogens is 374 g/mol. The van der Waals surface area contributed by atoms with E-state index in [0.717, 1.165) is 29.8 Å². The molecule has 4 heteroatoms. The molecule has 1 aliphatic heterocycles. The standard InChI is InChI=1S/C26H27NO3/c1-2-30-25-13-12-22(16-24(25)19-29-18-20-8-4-3-5-9-20)26(28)27-15-14-21-10-6-7-11-23(21)17-27/h3-13,16H,2,14-15,17-19H2,1H3. The second-order valence-electron chi connectivity index (χ2n) is 7.48. The van der Waals surface area contributed by atoms with Crippen LogP contribution in [0.15, 0.2) is 72.8 Å². The topological polar surface area (TPSA) is 38.8 Å². The van der Waals surface area contributed by atoms with Crippen LogP contribution in [-0.4, -0.2) is 24.0 Å². The van der Waals surface area contributed by atoms with Crippen LogP contribution in [-0.2, 0) is 30.9 Å². The summed E-state index contributed by atoms with van der Waals surface area (Å²) in [4.78, 5) is 15.1. The molecule has 3 aromatic rings. The summed E-state index contributed by atoms with van der Waals surface area (Å²) in [6, 6.07) is 24.1. The van der Waals surface area contributed by atoms with Crippen LogP contribution in [0, 0.1) is 0 Å². The Morgan fingerprint density at radius 3 is 2.50 bits per heavy atom. The molecular formula is C26H27NO3. The van der Waals surface area contributed by atoms with Crippen molar-refractivity contribution in [2.45, 2.75) is 33.1 Å². The Labute approximate surface area is 178 Å². The molecule has 0 aliphatic carbocycles. The number of ether oxygens (including phenoxy) is 2. The summed E-state index contributed by atoms with van der Waals surface area (Å²) >= 11 is 0. The van der Waals surface area contributed by atoms with Crippen LogP contribution in [0.3, 0.4) is 0 Å². The number of fused-ring (bicyclic) bond motifs is 1. The van der Waals surface area contributed by atoms with Gasteiger partial charge in [0, 0.05) is 24.2 Å². The molecule has 0 bridgehead atoms. The number of nitrogens with zero attached hydrogens (tertiary/aromatic N) is 1. The quantitative estimate of drug-likeness (QED) is 0.559. The maximum Gasteiger partial charge on any atom is 0.254 e. The Hall–Kier alpha value is -3.11. The molecule has 0 radical (unpaired) electrons. The molecule has 0 saturated heterocycles. The van der Waals surface area contributed by atoms with E-state index < -0.39 is 0 Å². The lowest BCUT2D eigenvalue weighted by molar-refractivity contribution is 0.0733. The lowest BCUT2D eigenvalue weighted by Gasteiger charge is -2.29. The predicted molar refractivity (Wildman–Crippen MR) is 117 cm³/mol. The fraction of sp³-hybridized carbons (Fsp3) is 0.269. The van der Waals surface area contributed by atoms with Crippen molar-refractivity contribution in [2.24, 2.45) is 0 Å². The maximum absolute atomic E-state index is 13.2. The van der Waals surface area contributed by atoms with Gasteiger partial charge in [-0.1, -0.05) is 54.6 Å². The Kier molecular flexibility index (Phi) is 6.45. The lowest BCUT2D eigenvalue weighted by atomic mass is 9.99. The first kappa shape index (κ1) is 20.2. The number of carbonyl (C=O) groups excluding carboxylic acids is 1. The predicted octanol–water partition coefficient (Wildman–Crippen LogP) is 5.00. The largest absolute Gasteiger partial charge is 0.494 e. The van der Waals surface area contributed by atoms with Crippen LogP contribution in [0.2, 0.25) is 0 Å². The van der Waals surface area contributed by atoms with Gasteiger partial charge < -0.3 is 14.4 Å². The number of hydrogen-bond acceptors (Lipinski definition) is 3. The summed E-state index contributed by atoms with van der Waals surface area (Å²) in [6.45, 7) is 4.84. The second-order valence-corrected chi connectivity index (χ2v) is 7.48. The first-order chi connectivity index (χ1) is 14.7. The van der Waals surface area contributed by atoms with Gasteiger partial charge in [-0.05, 0) is 48.2 Å². The first-order valence-corrected chi connectivity index (χ1v) is 10.5. The van der Waals surface area contributed by atoms with Gasteiger partial charge in [0.1, 0.15) is 5.75 Å². The normalized spacial score (nSPS) is 13.0. The highest BCUT2D eigenvalue weighted by atomic mass is 16.5. The van der Waals surface area contributed by atoms with Gasteiger partial charge in [-0.25, -0.2) is 0 Å². The van der Waals surface area contributed by atoms with E-state index in [-0.39, 0.29) is 5.91 Å². The van der Waals surface area contributed by atoms with Crippen LogP contribution in [0.25, 0.3) is 0 Å². The van der Waals surface area contributed by atoms with E-state index in [0.29, 0.717) is 31.9 Å². The Morgan fingerprint density at radius 1 is 0.933 bits per heavy atom. The summed E-state index contributed by atoms with van der Waals surface area (Å²) in [7, 11) is 0. The van der Waals surface area contributed by atoms with E-state index in [9.17, 15) is 4.79 Å². The number of rotatable bonds is 7. The molecule has 1 aliphatic rings. The molecule has 154 valence electrons. The van der Waals surface area contributed by atoms with Gasteiger partial charge in [-0.2, -0.15) is 0 Å². The number of benzene rings is 3. The van der Waals surface area contributed by atoms with Gasteiger partial charge in [0.2, 0.25) is 0 Å². The lowest BCUT2D eigenvalue weighted by Crippen LogP contribution is -2.36. The van der Waals surface area contributed by atoms with Crippen LogP contribution < -0.4 is 4.74 Å². The minimum Gasteiger partial charge on any atom is -0.494 e. The average molecular weight is 402 g/mol. The van der Waals surface area contributed by atoms with Crippen LogP contribution in [0.4, 0.5) is 0 Å². The fourth-order valence-corrected chi connectivity index (χ4v) is 3.83. The van der Waals surface area contributed by atoms with Crippen molar-refractivity contribution in [1.29, 1.82) is 0 Å². The Balaban J connectivity index is 1.48. The van der Waals surface area contributed by atoms with Crippen LogP contribution >= 0.6 is 0 Å². The summed E-state index contributed by atoms with van der Waals surface area (Å²) in [5.41, 5.74) is 5.26. The molecule has 0 saturated carbocycles. The Bertz CT molecular complexity index is 1000. The SMILES string of the molecule is CCOc1ccc(C(=O)N2CCc3ccccc3C2)cc1COCc1ccccc1. The zero-order chi connectivity index (χ0) is 20.8. The molecule has 4 nitrogen and oxygen atoms in total. The van der Waals surface area contributed by atoms with E-state index in [2.05, 4.69) is 18.2 Å². The number of carbonyl (C=O) groups is 1. The third kappa shape index (κ3) is 4.71. The number of amides is 1. The van der Waals surface area contributed by atoms with Gasteiger partial charge in [-0.3, -0.25) is 4.79 Å². The van der Waals surface area contributed by atoms with Crippen molar-refractivity contribution >= 4 is 5.91 Å². The summed E-state index contributed by atoms with van der Waals surface area (Å²) in [5, 5.41) is 0. The molecule has 1 amide bonds. The molecule has 30 heavy (non-hydrogen) atoms. The van der Waals surface area contributed by atoms with Crippen molar-refractivity contribution in [2.75, 3.05) is 13.2 Å². The van der Waals surface area contributed by atoms with Crippen LogP contribution in [0.1, 0.15) is 39.5 Å². The highest BCUT2D eigenvalue weighted by molar-refractivity contribution is 5.94. The molecule has 0 atom stereocenters. The summed E-state index contributed by atoms with van der Waals surface area (Å²) in [5.74, 6) is 0.822. The van der Waals surface area contributed by atoms with E-state index in [1.165, 1.54) is 11.1 Å². The molecule has 1 heterocycles. The van der Waals surface area contributed by atoms with E-state index in [1.54, 1.807) is 0 Å². The third-order valence-corrected chi connectivity index (χ3v) is 5.39. The molecule has 0 unspecified atom stereocenters. The van der Waals surface area contributed by atoms with E-state index in [1.807, 2.05) is 66.4 Å². The number of hydrogen-bond donors (Lipinski definition) is 0. The molecule has 4 rings (SSSR count). The summed E-state index contributed by atoms with van der Waals surface area (Å²) in [6.07, 6.45) is 0.895. The molecule has 0 N–H and O–H groups in total. The molecule has 0 spiro atoms. The Morgan fingerprint density at radius 2 is 1.70 bits per heavy atom.